The molecule has 0 aliphatic carbocycles. The van der Waals surface area contributed by atoms with E-state index in [1.807, 2.05) is 49.4 Å². The van der Waals surface area contributed by atoms with E-state index in [2.05, 4.69) is 29.3 Å². The number of benzene rings is 2. The lowest BCUT2D eigenvalue weighted by Crippen LogP contribution is -2.37. The number of nitrogens with zero attached hydrogens (tertiary/aromatic N) is 1. The summed E-state index contributed by atoms with van der Waals surface area (Å²) in [6, 6.07) is 18.1. The molecule has 31 heavy (non-hydrogen) atoms. The van der Waals surface area contributed by atoms with Crippen LogP contribution in [0.1, 0.15) is 37.5 Å². The van der Waals surface area contributed by atoms with Crippen LogP contribution in [0.4, 0.5) is 11.4 Å². The molecule has 0 saturated carbocycles. The molecule has 4 rings (SSSR count). The molecule has 2 heterocycles. The molecular weight excluding hydrogens is 408 g/mol. The molecule has 1 amide bonds. The first-order chi connectivity index (χ1) is 15.0. The van der Waals surface area contributed by atoms with Crippen LogP contribution in [0.3, 0.4) is 0 Å². The Labute approximate surface area is 188 Å². The highest BCUT2D eigenvalue weighted by Gasteiger charge is 2.18. The zero-order valence-electron chi connectivity index (χ0n) is 17.9. The van der Waals surface area contributed by atoms with Crippen molar-refractivity contribution in [1.29, 1.82) is 0 Å². The van der Waals surface area contributed by atoms with Crippen LogP contribution in [0.2, 0.25) is 5.02 Å². The van der Waals surface area contributed by atoms with E-state index in [9.17, 15) is 4.79 Å². The van der Waals surface area contributed by atoms with Gasteiger partial charge < -0.3 is 14.6 Å². The van der Waals surface area contributed by atoms with Gasteiger partial charge in [-0.1, -0.05) is 23.7 Å². The number of furan rings is 1. The molecule has 4 nitrogen and oxygen atoms in total. The van der Waals surface area contributed by atoms with Crippen LogP contribution in [-0.2, 0) is 4.79 Å². The van der Waals surface area contributed by atoms with Gasteiger partial charge in [0, 0.05) is 40.6 Å². The van der Waals surface area contributed by atoms with Gasteiger partial charge in [-0.3, -0.25) is 4.79 Å². The predicted octanol–water partition coefficient (Wildman–Crippen LogP) is 6.94. The van der Waals surface area contributed by atoms with E-state index < -0.39 is 0 Å². The molecule has 1 aromatic heterocycles. The number of anilines is 2. The van der Waals surface area contributed by atoms with Gasteiger partial charge in [0.25, 0.3) is 0 Å². The molecule has 1 saturated heterocycles. The van der Waals surface area contributed by atoms with Crippen molar-refractivity contribution in [2.45, 2.75) is 39.2 Å². The minimum Gasteiger partial charge on any atom is -0.457 e. The minimum absolute atomic E-state index is 0.199. The molecule has 5 heteroatoms. The van der Waals surface area contributed by atoms with Gasteiger partial charge in [0.15, 0.2) is 0 Å². The van der Waals surface area contributed by atoms with Crippen LogP contribution in [0.15, 0.2) is 65.1 Å². The van der Waals surface area contributed by atoms with E-state index >= 15 is 0 Å². The molecule has 2 aromatic carbocycles. The summed E-state index contributed by atoms with van der Waals surface area (Å²) < 4.78 is 5.83. The number of amides is 1. The van der Waals surface area contributed by atoms with Crippen LogP contribution >= 0.6 is 11.6 Å². The number of hydrogen-bond acceptors (Lipinski definition) is 3. The van der Waals surface area contributed by atoms with Crippen molar-refractivity contribution in [3.63, 3.8) is 0 Å². The third kappa shape index (κ3) is 5.20. The maximum absolute atomic E-state index is 12.3. The summed E-state index contributed by atoms with van der Waals surface area (Å²) in [6.07, 6.45) is 6.91. The van der Waals surface area contributed by atoms with Crippen LogP contribution in [0, 0.1) is 6.92 Å². The average molecular weight is 435 g/mol. The van der Waals surface area contributed by atoms with E-state index in [1.54, 1.807) is 6.08 Å². The van der Waals surface area contributed by atoms with Crippen molar-refractivity contribution in [1.82, 2.24) is 0 Å². The van der Waals surface area contributed by atoms with Gasteiger partial charge in [-0.2, -0.15) is 0 Å². The first-order valence-electron chi connectivity index (χ1n) is 10.7. The second-order valence-electron chi connectivity index (χ2n) is 8.07. The summed E-state index contributed by atoms with van der Waals surface area (Å²) in [4.78, 5) is 14.8. The van der Waals surface area contributed by atoms with E-state index in [4.69, 9.17) is 16.0 Å². The molecule has 1 unspecified atom stereocenters. The first-order valence-corrected chi connectivity index (χ1v) is 11.1. The highest BCUT2D eigenvalue weighted by Crippen LogP contribution is 2.28. The fraction of sp³-hybridized carbons (Fsp3) is 0.269. The van der Waals surface area contributed by atoms with Gasteiger partial charge in [-0.25, -0.2) is 0 Å². The molecule has 1 aliphatic heterocycles. The third-order valence-electron chi connectivity index (χ3n) is 5.75. The zero-order chi connectivity index (χ0) is 21.8. The van der Waals surface area contributed by atoms with E-state index in [1.165, 1.54) is 31.0 Å². The molecule has 0 bridgehead atoms. The number of nitrogens with one attached hydrogen (secondary N) is 1. The quantitative estimate of drug-likeness (QED) is 0.442. The lowest BCUT2D eigenvalue weighted by Gasteiger charge is -2.35. The average Bonchev–Trinajstić information content (AvgIpc) is 3.24. The lowest BCUT2D eigenvalue weighted by molar-refractivity contribution is -0.111. The summed E-state index contributed by atoms with van der Waals surface area (Å²) in [5.74, 6) is 1.12. The van der Waals surface area contributed by atoms with Crippen molar-refractivity contribution in [3.8, 4) is 11.3 Å². The molecule has 3 aromatic rings. The van der Waals surface area contributed by atoms with Gasteiger partial charge in [0.1, 0.15) is 11.5 Å². The number of aryl methyl sites for hydroxylation is 1. The number of hydrogen-bond donors (Lipinski definition) is 1. The Kier molecular flexibility index (Phi) is 6.47. The second-order valence-corrected chi connectivity index (χ2v) is 8.48. The van der Waals surface area contributed by atoms with E-state index in [0.717, 1.165) is 23.4 Å². The normalized spacial score (nSPS) is 16.6. The standard InChI is InChI=1S/C26H27ClN2O2/c1-18-6-7-20(17-24(18)27)25-14-12-23(31-25)13-15-26(30)28-21-8-10-22(11-9-21)29-16-4-3-5-19(29)2/h6-15,17,19H,3-5,16H2,1-2H3,(H,28,30)/b15-13+. The van der Waals surface area contributed by atoms with Gasteiger partial charge in [-0.15, -0.1) is 0 Å². The Hall–Kier alpha value is -2.98. The largest absolute Gasteiger partial charge is 0.457 e. The summed E-state index contributed by atoms with van der Waals surface area (Å²) >= 11 is 6.20. The van der Waals surface area contributed by atoms with Crippen molar-refractivity contribution >= 4 is 35.0 Å². The van der Waals surface area contributed by atoms with E-state index in [-0.39, 0.29) is 5.91 Å². The van der Waals surface area contributed by atoms with E-state index in [0.29, 0.717) is 22.6 Å². The van der Waals surface area contributed by atoms with Crippen molar-refractivity contribution in [3.05, 3.63) is 77.0 Å². The number of carbonyl (C=O) groups excluding carboxylic acids is 1. The summed E-state index contributed by atoms with van der Waals surface area (Å²) in [5, 5.41) is 3.60. The van der Waals surface area contributed by atoms with Gasteiger partial charge in [0.05, 0.1) is 0 Å². The third-order valence-corrected chi connectivity index (χ3v) is 6.16. The highest BCUT2D eigenvalue weighted by molar-refractivity contribution is 6.31. The fourth-order valence-corrected chi connectivity index (χ4v) is 4.08. The van der Waals surface area contributed by atoms with Crippen LogP contribution in [0.25, 0.3) is 17.4 Å². The van der Waals surface area contributed by atoms with Crippen molar-refractivity contribution < 1.29 is 9.21 Å². The van der Waals surface area contributed by atoms with Crippen molar-refractivity contribution in [2.24, 2.45) is 0 Å². The smallest absolute Gasteiger partial charge is 0.248 e. The van der Waals surface area contributed by atoms with Crippen molar-refractivity contribution in [2.75, 3.05) is 16.8 Å². The molecule has 1 atom stereocenters. The molecule has 0 spiro atoms. The molecule has 160 valence electrons. The number of halogens is 1. The summed E-state index contributed by atoms with van der Waals surface area (Å²) in [6.45, 7) is 5.32. The van der Waals surface area contributed by atoms with Gasteiger partial charge in [0.2, 0.25) is 5.91 Å². The first kappa shape index (κ1) is 21.3. The predicted molar refractivity (Wildman–Crippen MR) is 129 cm³/mol. The monoisotopic (exact) mass is 434 g/mol. The topological polar surface area (TPSA) is 45.5 Å². The Bertz CT molecular complexity index is 1090. The van der Waals surface area contributed by atoms with Crippen LogP contribution in [-0.4, -0.2) is 18.5 Å². The fourth-order valence-electron chi connectivity index (χ4n) is 3.90. The Morgan fingerprint density at radius 2 is 1.94 bits per heavy atom. The number of rotatable bonds is 5. The Morgan fingerprint density at radius 3 is 2.68 bits per heavy atom. The number of carbonyl (C=O) groups is 1. The minimum atomic E-state index is -0.199. The zero-order valence-corrected chi connectivity index (χ0v) is 18.7. The lowest BCUT2D eigenvalue weighted by atomic mass is 10.0. The maximum Gasteiger partial charge on any atom is 0.248 e. The molecule has 1 N–H and O–H groups in total. The Balaban J connectivity index is 1.36. The van der Waals surface area contributed by atoms with Crippen LogP contribution in [0.5, 0.6) is 0 Å². The SMILES string of the molecule is Cc1ccc(-c2ccc(/C=C/C(=O)Nc3ccc(N4CCCCC4C)cc3)o2)cc1Cl. The molecule has 0 radical (unpaired) electrons. The molecule has 1 fully saturated rings. The van der Waals surface area contributed by atoms with Crippen LogP contribution < -0.4 is 10.2 Å². The Morgan fingerprint density at radius 1 is 1.13 bits per heavy atom. The molecular formula is C26H27ClN2O2. The van der Waals surface area contributed by atoms with Gasteiger partial charge >= 0.3 is 0 Å². The summed E-state index contributed by atoms with van der Waals surface area (Å²) in [7, 11) is 0. The highest BCUT2D eigenvalue weighted by atomic mass is 35.5. The summed E-state index contributed by atoms with van der Waals surface area (Å²) in [5.41, 5.74) is 3.91. The van der Waals surface area contributed by atoms with Gasteiger partial charge in [-0.05, 0) is 87.2 Å². The molecule has 1 aliphatic rings. The number of piperidine rings is 1. The second kappa shape index (κ2) is 9.44. The maximum atomic E-state index is 12.3.